The first kappa shape index (κ1) is 13.3. The minimum atomic E-state index is -0.364. The summed E-state index contributed by atoms with van der Waals surface area (Å²) < 4.78 is 0. The molecule has 3 rings (SSSR count). The fourth-order valence-corrected chi connectivity index (χ4v) is 2.99. The highest BCUT2D eigenvalue weighted by Gasteiger charge is 2.32. The first-order valence-electron chi connectivity index (χ1n) is 7.23. The van der Waals surface area contributed by atoms with Crippen molar-refractivity contribution in [2.75, 3.05) is 19.6 Å². The molecule has 1 amide bonds. The van der Waals surface area contributed by atoms with E-state index in [9.17, 15) is 4.79 Å². The van der Waals surface area contributed by atoms with Crippen LogP contribution in [0.15, 0.2) is 42.5 Å². The Bertz CT molecular complexity index is 500. The van der Waals surface area contributed by atoms with Crippen LogP contribution in [0, 0.1) is 0 Å². The van der Waals surface area contributed by atoms with Crippen LogP contribution in [0.25, 0.3) is 0 Å². The molecule has 0 aliphatic carbocycles. The molecule has 1 fully saturated rings. The van der Waals surface area contributed by atoms with Gasteiger partial charge in [-0.3, -0.25) is 9.69 Å². The van der Waals surface area contributed by atoms with Crippen LogP contribution in [0.4, 0.5) is 0 Å². The third-order valence-electron chi connectivity index (χ3n) is 4.10. The summed E-state index contributed by atoms with van der Waals surface area (Å²) in [6, 6.07) is 10.3. The van der Waals surface area contributed by atoms with Gasteiger partial charge < -0.3 is 10.6 Å². The maximum absolute atomic E-state index is 12.2. The zero-order valence-corrected chi connectivity index (χ0v) is 11.6. The van der Waals surface area contributed by atoms with E-state index in [0.717, 1.165) is 26.2 Å². The summed E-state index contributed by atoms with van der Waals surface area (Å²) in [4.78, 5) is 16.5. The van der Waals surface area contributed by atoms with Crippen molar-refractivity contribution in [3.8, 4) is 0 Å². The zero-order valence-electron chi connectivity index (χ0n) is 11.6. The zero-order chi connectivity index (χ0) is 13.9. The van der Waals surface area contributed by atoms with Gasteiger partial charge in [-0.25, -0.2) is 0 Å². The summed E-state index contributed by atoms with van der Waals surface area (Å²) in [5, 5.41) is 0. The molecule has 106 valence electrons. The lowest BCUT2D eigenvalue weighted by Crippen LogP contribution is -2.56. The van der Waals surface area contributed by atoms with E-state index in [2.05, 4.69) is 41.3 Å². The van der Waals surface area contributed by atoms with E-state index >= 15 is 0 Å². The van der Waals surface area contributed by atoms with Gasteiger partial charge in [-0.1, -0.05) is 42.5 Å². The molecule has 4 heteroatoms. The first-order chi connectivity index (χ1) is 9.74. The minimum absolute atomic E-state index is 0.0966. The first-order valence-corrected chi connectivity index (χ1v) is 7.23. The van der Waals surface area contributed by atoms with Crippen molar-refractivity contribution in [1.29, 1.82) is 0 Å². The second-order valence-electron chi connectivity index (χ2n) is 5.59. The number of benzene rings is 1. The molecule has 0 bridgehead atoms. The topological polar surface area (TPSA) is 49.6 Å². The number of hydrogen-bond donors (Lipinski definition) is 1. The number of piperazine rings is 1. The Balaban J connectivity index is 1.67. The van der Waals surface area contributed by atoms with E-state index < -0.39 is 0 Å². The van der Waals surface area contributed by atoms with Gasteiger partial charge in [-0.15, -0.1) is 0 Å². The Morgan fingerprint density at radius 3 is 2.80 bits per heavy atom. The van der Waals surface area contributed by atoms with Crippen molar-refractivity contribution in [3.05, 3.63) is 48.0 Å². The number of hydrogen-bond acceptors (Lipinski definition) is 3. The molecule has 2 heterocycles. The summed E-state index contributed by atoms with van der Waals surface area (Å²) in [6.45, 7) is 3.52. The summed E-state index contributed by atoms with van der Waals surface area (Å²) in [5.41, 5.74) is 7.21. The van der Waals surface area contributed by atoms with E-state index in [1.54, 1.807) is 0 Å². The molecule has 1 saturated heterocycles. The second kappa shape index (κ2) is 5.77. The molecule has 0 spiro atoms. The lowest BCUT2D eigenvalue weighted by molar-refractivity contribution is -0.136. The molecule has 2 aliphatic heterocycles. The van der Waals surface area contributed by atoms with Gasteiger partial charge in [-0.2, -0.15) is 0 Å². The molecule has 2 aliphatic rings. The highest BCUT2D eigenvalue weighted by molar-refractivity contribution is 5.83. The molecule has 20 heavy (non-hydrogen) atoms. The van der Waals surface area contributed by atoms with Gasteiger partial charge in [0.15, 0.2) is 0 Å². The maximum Gasteiger partial charge on any atom is 0.240 e. The van der Waals surface area contributed by atoms with Crippen LogP contribution in [0.3, 0.4) is 0 Å². The molecule has 2 atom stereocenters. The predicted octanol–water partition coefficient (Wildman–Crippen LogP) is 0.987. The van der Waals surface area contributed by atoms with Gasteiger partial charge in [0.1, 0.15) is 0 Å². The van der Waals surface area contributed by atoms with Gasteiger partial charge in [0.2, 0.25) is 5.91 Å². The van der Waals surface area contributed by atoms with Gasteiger partial charge in [0.05, 0.1) is 12.1 Å². The Morgan fingerprint density at radius 2 is 2.00 bits per heavy atom. The highest BCUT2D eigenvalue weighted by Crippen LogP contribution is 2.18. The number of fused-ring (bicyclic) bond motifs is 1. The van der Waals surface area contributed by atoms with Crippen molar-refractivity contribution in [2.45, 2.75) is 25.0 Å². The smallest absolute Gasteiger partial charge is 0.240 e. The molecular formula is C16H21N3O. The van der Waals surface area contributed by atoms with Gasteiger partial charge in [0, 0.05) is 26.2 Å². The van der Waals surface area contributed by atoms with Crippen molar-refractivity contribution < 1.29 is 4.79 Å². The number of rotatable bonds is 2. The van der Waals surface area contributed by atoms with Crippen LogP contribution in [0.1, 0.15) is 12.0 Å². The molecule has 2 N–H and O–H groups in total. The number of carbonyl (C=O) groups excluding carboxylic acids is 1. The number of carbonyl (C=O) groups is 1. The summed E-state index contributed by atoms with van der Waals surface area (Å²) in [5.74, 6) is 0.0966. The Hall–Kier alpha value is -1.65. The molecule has 1 aromatic rings. The minimum Gasteiger partial charge on any atom is -0.332 e. The molecule has 1 aromatic carbocycles. The fraction of sp³-hybridized carbons (Fsp3) is 0.438. The number of amides is 1. The van der Waals surface area contributed by atoms with Crippen LogP contribution >= 0.6 is 0 Å². The van der Waals surface area contributed by atoms with Gasteiger partial charge in [0.25, 0.3) is 0 Å². The SMILES string of the molecule is N[C@H]1CC=CC2CN(Cc3ccccc3)CCN2C1=O. The summed E-state index contributed by atoms with van der Waals surface area (Å²) in [7, 11) is 0. The predicted molar refractivity (Wildman–Crippen MR) is 79.0 cm³/mol. The molecule has 0 aromatic heterocycles. The monoisotopic (exact) mass is 271 g/mol. The van der Waals surface area contributed by atoms with Crippen LogP contribution in [-0.4, -0.2) is 47.4 Å². The standard InChI is InChI=1S/C16H21N3O/c17-15-8-4-7-14-12-18(9-10-19(14)16(15)20)11-13-5-2-1-3-6-13/h1-7,14-15H,8-12,17H2/t14?,15-/m0/s1. The van der Waals surface area contributed by atoms with Gasteiger partial charge >= 0.3 is 0 Å². The van der Waals surface area contributed by atoms with E-state index in [0.29, 0.717) is 6.42 Å². The molecule has 4 nitrogen and oxygen atoms in total. The average Bonchev–Trinajstić information content (AvgIpc) is 2.60. The fourth-order valence-electron chi connectivity index (χ4n) is 2.99. The van der Waals surface area contributed by atoms with E-state index in [4.69, 9.17) is 5.73 Å². The normalized spacial score (nSPS) is 27.2. The van der Waals surface area contributed by atoms with Crippen LogP contribution in [-0.2, 0) is 11.3 Å². The quantitative estimate of drug-likeness (QED) is 0.816. The lowest BCUT2D eigenvalue weighted by Gasteiger charge is -2.40. The highest BCUT2D eigenvalue weighted by atomic mass is 16.2. The summed E-state index contributed by atoms with van der Waals surface area (Å²) in [6.07, 6.45) is 4.85. The largest absolute Gasteiger partial charge is 0.332 e. The Labute approximate surface area is 119 Å². The lowest BCUT2D eigenvalue weighted by atomic mass is 10.1. The van der Waals surface area contributed by atoms with Gasteiger partial charge in [-0.05, 0) is 12.0 Å². The van der Waals surface area contributed by atoms with Crippen molar-refractivity contribution in [3.63, 3.8) is 0 Å². The third-order valence-corrected chi connectivity index (χ3v) is 4.10. The third kappa shape index (κ3) is 2.76. The number of nitrogens with zero attached hydrogens (tertiary/aromatic N) is 2. The van der Waals surface area contributed by atoms with E-state index in [1.807, 2.05) is 11.0 Å². The Morgan fingerprint density at radius 1 is 1.20 bits per heavy atom. The van der Waals surface area contributed by atoms with Crippen LogP contribution in [0.2, 0.25) is 0 Å². The molecule has 0 radical (unpaired) electrons. The maximum atomic E-state index is 12.2. The van der Waals surface area contributed by atoms with Crippen molar-refractivity contribution in [1.82, 2.24) is 9.80 Å². The number of nitrogens with two attached hydrogens (primary N) is 1. The molecular weight excluding hydrogens is 250 g/mol. The second-order valence-corrected chi connectivity index (χ2v) is 5.59. The van der Waals surface area contributed by atoms with Crippen LogP contribution in [0.5, 0.6) is 0 Å². The average molecular weight is 271 g/mol. The van der Waals surface area contributed by atoms with Crippen molar-refractivity contribution >= 4 is 5.91 Å². The molecule has 0 saturated carbocycles. The summed E-state index contributed by atoms with van der Waals surface area (Å²) >= 11 is 0. The van der Waals surface area contributed by atoms with Crippen LogP contribution < -0.4 is 5.73 Å². The van der Waals surface area contributed by atoms with E-state index in [1.165, 1.54) is 5.56 Å². The Kier molecular flexibility index (Phi) is 3.85. The van der Waals surface area contributed by atoms with E-state index in [-0.39, 0.29) is 18.0 Å². The van der Waals surface area contributed by atoms with Crippen molar-refractivity contribution in [2.24, 2.45) is 5.73 Å². The molecule has 1 unspecified atom stereocenters.